The first-order chi connectivity index (χ1) is 10.3. The van der Waals surface area contributed by atoms with Gasteiger partial charge in [-0.1, -0.05) is 6.07 Å². The van der Waals surface area contributed by atoms with Crippen molar-refractivity contribution < 1.29 is 4.79 Å². The third kappa shape index (κ3) is 2.30. The van der Waals surface area contributed by atoms with E-state index < -0.39 is 0 Å². The number of carbonyl (C=O) groups excluding carboxylic acids is 1. The lowest BCUT2D eigenvalue weighted by atomic mass is 10.1. The fraction of sp³-hybridized carbons (Fsp3) is 0.562. The summed E-state index contributed by atoms with van der Waals surface area (Å²) < 4.78 is 0. The molecule has 1 unspecified atom stereocenters. The molecule has 1 aromatic carbocycles. The van der Waals surface area contributed by atoms with Crippen molar-refractivity contribution in [2.75, 3.05) is 43.4 Å². The molecule has 112 valence electrons. The van der Waals surface area contributed by atoms with Crippen molar-refractivity contribution in [3.63, 3.8) is 0 Å². The van der Waals surface area contributed by atoms with Crippen molar-refractivity contribution in [1.82, 2.24) is 10.2 Å². The number of nitrogens with one attached hydrogen (secondary N) is 2. The number of rotatable bonds is 3. The number of piperazine rings is 1. The first kappa shape index (κ1) is 13.1. The Balaban J connectivity index is 1.49. The summed E-state index contributed by atoms with van der Waals surface area (Å²) >= 11 is 0. The SMILES string of the molecule is CNC1C(=O)Nc2cc(N3CCN(C4CC4)CC3)ccc21. The fourth-order valence-electron chi connectivity index (χ4n) is 3.52. The molecule has 2 fully saturated rings. The number of carbonyl (C=O) groups is 1. The second kappa shape index (κ2) is 5.00. The zero-order chi connectivity index (χ0) is 14.4. The highest BCUT2D eigenvalue weighted by Crippen LogP contribution is 2.34. The molecule has 2 N–H and O–H groups in total. The Hall–Kier alpha value is -1.59. The van der Waals surface area contributed by atoms with Gasteiger partial charge in [0.1, 0.15) is 6.04 Å². The van der Waals surface area contributed by atoms with E-state index in [9.17, 15) is 4.79 Å². The maximum absolute atomic E-state index is 11.9. The Morgan fingerprint density at radius 1 is 1.19 bits per heavy atom. The number of hydrogen-bond acceptors (Lipinski definition) is 4. The van der Waals surface area contributed by atoms with Gasteiger partial charge in [-0.25, -0.2) is 0 Å². The lowest BCUT2D eigenvalue weighted by Gasteiger charge is -2.36. The minimum Gasteiger partial charge on any atom is -0.369 e. The van der Waals surface area contributed by atoms with Crippen LogP contribution in [0.5, 0.6) is 0 Å². The average molecular weight is 286 g/mol. The molecule has 0 spiro atoms. The van der Waals surface area contributed by atoms with Gasteiger partial charge in [-0.15, -0.1) is 0 Å². The Morgan fingerprint density at radius 3 is 2.62 bits per heavy atom. The summed E-state index contributed by atoms with van der Waals surface area (Å²) in [4.78, 5) is 16.9. The van der Waals surface area contributed by atoms with Gasteiger partial charge >= 0.3 is 0 Å². The van der Waals surface area contributed by atoms with Crippen LogP contribution in [0.4, 0.5) is 11.4 Å². The van der Waals surface area contributed by atoms with Gasteiger partial charge in [0.05, 0.1) is 0 Å². The number of benzene rings is 1. The first-order valence-corrected chi connectivity index (χ1v) is 7.87. The van der Waals surface area contributed by atoms with Gasteiger partial charge in [-0.2, -0.15) is 0 Å². The highest BCUT2D eigenvalue weighted by atomic mass is 16.2. The van der Waals surface area contributed by atoms with Gasteiger partial charge in [-0.3, -0.25) is 9.69 Å². The van der Waals surface area contributed by atoms with Crippen molar-refractivity contribution in [1.29, 1.82) is 0 Å². The van der Waals surface area contributed by atoms with Crippen LogP contribution in [0.2, 0.25) is 0 Å². The molecule has 1 saturated heterocycles. The zero-order valence-electron chi connectivity index (χ0n) is 12.4. The normalized spacial score (nSPS) is 25.9. The number of amides is 1. The van der Waals surface area contributed by atoms with Crippen molar-refractivity contribution in [2.24, 2.45) is 0 Å². The van der Waals surface area contributed by atoms with Crippen molar-refractivity contribution >= 4 is 17.3 Å². The molecule has 4 rings (SSSR count). The van der Waals surface area contributed by atoms with E-state index in [2.05, 4.69) is 38.6 Å². The predicted octanol–water partition coefficient (Wildman–Crippen LogP) is 1.18. The summed E-state index contributed by atoms with van der Waals surface area (Å²) in [5, 5.41) is 6.04. The highest BCUT2D eigenvalue weighted by Gasteiger charge is 2.32. The van der Waals surface area contributed by atoms with Gasteiger partial charge in [-0.05, 0) is 32.0 Å². The molecule has 0 radical (unpaired) electrons. The third-order valence-electron chi connectivity index (χ3n) is 4.90. The molecule has 1 aromatic rings. The van der Waals surface area contributed by atoms with E-state index in [1.54, 1.807) is 0 Å². The predicted molar refractivity (Wildman–Crippen MR) is 83.7 cm³/mol. The molecule has 3 aliphatic rings. The molecule has 0 bridgehead atoms. The van der Waals surface area contributed by atoms with Gasteiger partial charge in [0.15, 0.2) is 0 Å². The van der Waals surface area contributed by atoms with Gasteiger partial charge in [0.25, 0.3) is 0 Å². The summed E-state index contributed by atoms with van der Waals surface area (Å²) in [5.74, 6) is 0.0446. The largest absolute Gasteiger partial charge is 0.369 e. The van der Waals surface area contributed by atoms with Crippen LogP contribution < -0.4 is 15.5 Å². The van der Waals surface area contributed by atoms with Crippen LogP contribution in [0.25, 0.3) is 0 Å². The van der Waals surface area contributed by atoms with Crippen LogP contribution in [0.3, 0.4) is 0 Å². The zero-order valence-corrected chi connectivity index (χ0v) is 12.4. The fourth-order valence-corrected chi connectivity index (χ4v) is 3.52. The minimum absolute atomic E-state index is 0.0446. The third-order valence-corrected chi connectivity index (χ3v) is 4.90. The smallest absolute Gasteiger partial charge is 0.246 e. The summed E-state index contributed by atoms with van der Waals surface area (Å²) in [6.45, 7) is 4.48. The Bertz CT molecular complexity index is 561. The van der Waals surface area contributed by atoms with Gasteiger partial charge in [0, 0.05) is 49.2 Å². The quantitative estimate of drug-likeness (QED) is 0.876. The number of anilines is 2. The Morgan fingerprint density at radius 2 is 1.95 bits per heavy atom. The number of nitrogens with zero attached hydrogens (tertiary/aromatic N) is 2. The Kier molecular flexibility index (Phi) is 3.12. The molecular weight excluding hydrogens is 264 g/mol. The van der Waals surface area contributed by atoms with Crippen LogP contribution in [-0.2, 0) is 4.79 Å². The molecule has 1 aliphatic carbocycles. The molecule has 2 heterocycles. The van der Waals surface area contributed by atoms with E-state index >= 15 is 0 Å². The van der Waals surface area contributed by atoms with E-state index in [-0.39, 0.29) is 11.9 Å². The monoisotopic (exact) mass is 286 g/mol. The van der Waals surface area contributed by atoms with E-state index in [1.165, 1.54) is 18.5 Å². The molecule has 1 saturated carbocycles. The summed E-state index contributed by atoms with van der Waals surface area (Å²) in [6, 6.07) is 7.01. The van der Waals surface area contributed by atoms with Crippen LogP contribution in [0.1, 0.15) is 24.4 Å². The molecule has 5 nitrogen and oxygen atoms in total. The summed E-state index contributed by atoms with van der Waals surface area (Å²) in [6.07, 6.45) is 2.77. The molecule has 1 atom stereocenters. The average Bonchev–Trinajstić information content (AvgIpc) is 3.30. The van der Waals surface area contributed by atoms with E-state index in [0.29, 0.717) is 0 Å². The molecule has 5 heteroatoms. The van der Waals surface area contributed by atoms with E-state index in [4.69, 9.17) is 0 Å². The van der Waals surface area contributed by atoms with Crippen LogP contribution >= 0.6 is 0 Å². The van der Waals surface area contributed by atoms with Gasteiger partial charge in [0.2, 0.25) is 5.91 Å². The van der Waals surface area contributed by atoms with Crippen LogP contribution in [-0.4, -0.2) is 50.1 Å². The lowest BCUT2D eigenvalue weighted by Crippen LogP contribution is -2.47. The maximum atomic E-state index is 11.9. The Labute approximate surface area is 125 Å². The second-order valence-corrected chi connectivity index (χ2v) is 6.24. The molecule has 0 aromatic heterocycles. The van der Waals surface area contributed by atoms with Crippen LogP contribution in [0, 0.1) is 0 Å². The summed E-state index contributed by atoms with van der Waals surface area (Å²) in [7, 11) is 1.82. The standard InChI is InChI=1S/C16H22N4O/c1-17-15-13-5-4-12(10-14(13)18-16(15)21)20-8-6-19(7-9-20)11-2-3-11/h4-5,10-11,15,17H,2-3,6-9H2,1H3,(H,18,21). The topological polar surface area (TPSA) is 47.6 Å². The number of fused-ring (bicyclic) bond motifs is 1. The van der Waals surface area contributed by atoms with E-state index in [1.807, 2.05) is 7.05 Å². The van der Waals surface area contributed by atoms with Crippen molar-refractivity contribution in [3.05, 3.63) is 23.8 Å². The minimum atomic E-state index is -0.208. The number of hydrogen-bond donors (Lipinski definition) is 2. The maximum Gasteiger partial charge on any atom is 0.246 e. The second-order valence-electron chi connectivity index (χ2n) is 6.24. The molecule has 1 amide bonds. The van der Waals surface area contributed by atoms with Crippen molar-refractivity contribution in [2.45, 2.75) is 24.9 Å². The highest BCUT2D eigenvalue weighted by molar-refractivity contribution is 6.03. The van der Waals surface area contributed by atoms with Crippen molar-refractivity contribution in [3.8, 4) is 0 Å². The number of likely N-dealkylation sites (N-methyl/N-ethyl adjacent to an activating group) is 1. The molecule has 21 heavy (non-hydrogen) atoms. The van der Waals surface area contributed by atoms with Gasteiger partial charge < -0.3 is 15.5 Å². The molecular formula is C16H22N4O. The molecule has 2 aliphatic heterocycles. The van der Waals surface area contributed by atoms with Crippen LogP contribution in [0.15, 0.2) is 18.2 Å². The van der Waals surface area contributed by atoms with E-state index in [0.717, 1.165) is 43.5 Å². The summed E-state index contributed by atoms with van der Waals surface area (Å²) in [5.41, 5.74) is 3.24. The lowest BCUT2D eigenvalue weighted by molar-refractivity contribution is -0.117. The first-order valence-electron chi connectivity index (χ1n) is 7.87.